The number of phenolic OH excluding ortho intramolecular Hbond substituents is 1. The van der Waals surface area contributed by atoms with E-state index < -0.39 is 0 Å². The Balaban J connectivity index is 0.00000280. The van der Waals surface area contributed by atoms with E-state index in [0.29, 0.717) is 5.75 Å². The molecule has 0 fully saturated rings. The predicted octanol–water partition coefficient (Wildman–Crippen LogP) is 2.35. The van der Waals surface area contributed by atoms with E-state index in [1.807, 2.05) is 18.2 Å². The van der Waals surface area contributed by atoms with Crippen molar-refractivity contribution in [2.45, 2.75) is 39.5 Å². The van der Waals surface area contributed by atoms with E-state index in [9.17, 15) is 5.11 Å². The molecular weight excluding hydrogens is 459 g/mol. The Kier molecular flexibility index (Phi) is 7.32. The summed E-state index contributed by atoms with van der Waals surface area (Å²) in [4.78, 5) is 2.23. The van der Waals surface area contributed by atoms with E-state index in [4.69, 9.17) is 0 Å². The predicted molar refractivity (Wildman–Crippen MR) is 116 cm³/mol. The summed E-state index contributed by atoms with van der Waals surface area (Å²) in [6.45, 7) is 10.7. The highest BCUT2D eigenvalue weighted by atomic mass is 127. The molecule has 0 radical (unpaired) electrons. The number of halogens is 1. The highest BCUT2D eigenvalue weighted by molar-refractivity contribution is 6.05. The number of hydrogen-bond donors (Lipinski definition) is 1. The third-order valence-electron chi connectivity index (χ3n) is 6.06. The van der Waals surface area contributed by atoms with Gasteiger partial charge in [-0.1, -0.05) is 25.1 Å². The number of benzene rings is 2. The van der Waals surface area contributed by atoms with Crippen LogP contribution >= 0.6 is 0 Å². The van der Waals surface area contributed by atoms with Gasteiger partial charge in [0.2, 0.25) is 5.69 Å². The van der Waals surface area contributed by atoms with Crippen LogP contribution in [-0.2, 0) is 5.41 Å². The molecule has 28 heavy (non-hydrogen) atoms. The SMILES string of the molecule is CCN(CC)c1ccc(/C=C/C2=[N+](C)c3ccccc3C2(C)CC)c(O)c1.[I-]. The average molecular weight is 490 g/mol. The normalized spacial score (nSPS) is 18.3. The number of aromatic hydroxyl groups is 1. The molecule has 0 bridgehead atoms. The Bertz CT molecular complexity index is 899. The summed E-state index contributed by atoms with van der Waals surface area (Å²) in [7, 11) is 2.13. The second-order valence-corrected chi connectivity index (χ2v) is 7.40. The summed E-state index contributed by atoms with van der Waals surface area (Å²) in [5.74, 6) is 0.326. The van der Waals surface area contributed by atoms with Gasteiger partial charge < -0.3 is 34.0 Å². The van der Waals surface area contributed by atoms with Crippen LogP contribution in [0.25, 0.3) is 6.08 Å². The van der Waals surface area contributed by atoms with Crippen molar-refractivity contribution < 1.29 is 33.7 Å². The first-order valence-corrected chi connectivity index (χ1v) is 9.93. The molecule has 1 aliphatic heterocycles. The summed E-state index contributed by atoms with van der Waals surface area (Å²) >= 11 is 0. The van der Waals surface area contributed by atoms with E-state index in [-0.39, 0.29) is 29.4 Å². The average Bonchev–Trinajstić information content (AvgIpc) is 2.90. The molecule has 0 aliphatic carbocycles. The smallest absolute Gasteiger partial charge is 0.209 e. The second kappa shape index (κ2) is 9.12. The van der Waals surface area contributed by atoms with Gasteiger partial charge >= 0.3 is 0 Å². The molecule has 2 aromatic rings. The van der Waals surface area contributed by atoms with Gasteiger partial charge in [-0.3, -0.25) is 0 Å². The first-order chi connectivity index (χ1) is 13.0. The van der Waals surface area contributed by atoms with Crippen molar-refractivity contribution in [2.75, 3.05) is 25.0 Å². The Morgan fingerprint density at radius 2 is 1.71 bits per heavy atom. The highest BCUT2D eigenvalue weighted by Gasteiger charge is 2.44. The van der Waals surface area contributed by atoms with Crippen LogP contribution < -0.4 is 28.9 Å². The first kappa shape index (κ1) is 22.5. The summed E-state index contributed by atoms with van der Waals surface area (Å²) < 4.78 is 2.27. The maximum atomic E-state index is 10.5. The largest absolute Gasteiger partial charge is 1.00 e. The Labute approximate surface area is 186 Å². The fraction of sp³-hybridized carbons (Fsp3) is 0.375. The standard InChI is InChI=1S/C24H30N2O.HI/c1-6-24(4)20-11-9-10-12-21(20)25(5)23(24)16-14-18-13-15-19(17-22(18)27)26(7-2)8-3;/h9-17H,6-8H2,1-5H3;1H. The number of phenols is 1. The number of rotatable bonds is 6. The molecule has 1 unspecified atom stereocenters. The van der Waals surface area contributed by atoms with Crippen molar-refractivity contribution in [1.29, 1.82) is 0 Å². The molecule has 1 heterocycles. The molecule has 0 aromatic heterocycles. The summed E-state index contributed by atoms with van der Waals surface area (Å²) in [5.41, 5.74) is 5.79. The highest BCUT2D eigenvalue weighted by Crippen LogP contribution is 2.41. The molecule has 3 nitrogen and oxygen atoms in total. The van der Waals surface area contributed by atoms with Crippen LogP contribution in [0.1, 0.15) is 45.2 Å². The van der Waals surface area contributed by atoms with Crippen molar-refractivity contribution in [2.24, 2.45) is 0 Å². The van der Waals surface area contributed by atoms with Gasteiger partial charge in [-0.25, -0.2) is 0 Å². The molecule has 0 saturated heterocycles. The second-order valence-electron chi connectivity index (χ2n) is 7.40. The molecule has 1 aliphatic rings. The minimum atomic E-state index is -0.0153. The number of nitrogens with zero attached hydrogens (tertiary/aromatic N) is 2. The maximum Gasteiger partial charge on any atom is 0.209 e. The van der Waals surface area contributed by atoms with Crippen molar-refractivity contribution >= 4 is 23.2 Å². The minimum absolute atomic E-state index is 0. The third kappa shape index (κ3) is 3.84. The van der Waals surface area contributed by atoms with Gasteiger partial charge in [0, 0.05) is 48.1 Å². The van der Waals surface area contributed by atoms with Gasteiger partial charge in [0.1, 0.15) is 12.8 Å². The van der Waals surface area contributed by atoms with Crippen LogP contribution in [0.2, 0.25) is 0 Å². The van der Waals surface area contributed by atoms with Crippen LogP contribution in [-0.4, -0.2) is 35.5 Å². The van der Waals surface area contributed by atoms with E-state index >= 15 is 0 Å². The van der Waals surface area contributed by atoms with E-state index in [1.54, 1.807) is 0 Å². The van der Waals surface area contributed by atoms with Crippen molar-refractivity contribution in [3.05, 3.63) is 59.7 Å². The zero-order valence-corrected chi connectivity index (χ0v) is 19.7. The molecule has 0 amide bonds. The zero-order chi connectivity index (χ0) is 19.6. The number of fused-ring (bicyclic) bond motifs is 1. The van der Waals surface area contributed by atoms with Crippen LogP contribution in [0.15, 0.2) is 48.5 Å². The van der Waals surface area contributed by atoms with Crippen LogP contribution in [0.5, 0.6) is 5.75 Å². The summed E-state index contributed by atoms with van der Waals surface area (Å²) in [6, 6.07) is 14.6. The van der Waals surface area contributed by atoms with Gasteiger partial charge in [0.25, 0.3) is 0 Å². The van der Waals surface area contributed by atoms with Gasteiger partial charge in [0.05, 0.1) is 5.41 Å². The van der Waals surface area contributed by atoms with Crippen LogP contribution in [0, 0.1) is 0 Å². The number of allylic oxidation sites excluding steroid dienone is 1. The number of anilines is 1. The molecule has 150 valence electrons. The number of hydrogen-bond acceptors (Lipinski definition) is 2. The van der Waals surface area contributed by atoms with Crippen LogP contribution in [0.4, 0.5) is 11.4 Å². The lowest BCUT2D eigenvalue weighted by Gasteiger charge is -2.21. The van der Waals surface area contributed by atoms with Crippen molar-refractivity contribution in [1.82, 2.24) is 0 Å². The lowest BCUT2D eigenvalue weighted by Crippen LogP contribution is -3.00. The number of para-hydroxylation sites is 1. The fourth-order valence-electron chi connectivity index (χ4n) is 4.17. The van der Waals surface area contributed by atoms with E-state index in [2.05, 4.69) is 80.6 Å². The van der Waals surface area contributed by atoms with Gasteiger partial charge in [-0.05, 0) is 45.4 Å². The fourth-order valence-corrected chi connectivity index (χ4v) is 4.17. The maximum absolute atomic E-state index is 10.5. The lowest BCUT2D eigenvalue weighted by atomic mass is 9.77. The first-order valence-electron chi connectivity index (χ1n) is 9.93. The minimum Gasteiger partial charge on any atom is -1.00 e. The molecule has 1 atom stereocenters. The molecule has 2 aromatic carbocycles. The van der Waals surface area contributed by atoms with Gasteiger partial charge in [-0.15, -0.1) is 0 Å². The Morgan fingerprint density at radius 3 is 2.32 bits per heavy atom. The molecule has 4 heteroatoms. The molecule has 0 spiro atoms. The van der Waals surface area contributed by atoms with Crippen molar-refractivity contribution in [3.63, 3.8) is 0 Å². The third-order valence-corrected chi connectivity index (χ3v) is 6.06. The zero-order valence-electron chi connectivity index (χ0n) is 17.5. The van der Waals surface area contributed by atoms with E-state index in [1.165, 1.54) is 17.0 Å². The van der Waals surface area contributed by atoms with E-state index in [0.717, 1.165) is 30.8 Å². The molecule has 3 rings (SSSR count). The summed E-state index contributed by atoms with van der Waals surface area (Å²) in [6.07, 6.45) is 5.23. The van der Waals surface area contributed by atoms with Crippen LogP contribution in [0.3, 0.4) is 0 Å². The topological polar surface area (TPSA) is 26.5 Å². The van der Waals surface area contributed by atoms with Crippen molar-refractivity contribution in [3.8, 4) is 5.75 Å². The lowest BCUT2D eigenvalue weighted by molar-refractivity contribution is -0.401. The summed E-state index contributed by atoms with van der Waals surface area (Å²) in [5, 5.41) is 10.5. The molecule has 0 saturated carbocycles. The van der Waals surface area contributed by atoms with Gasteiger partial charge in [-0.2, -0.15) is 4.58 Å². The Morgan fingerprint density at radius 1 is 1.04 bits per heavy atom. The Hall–Kier alpha value is -1.82. The van der Waals surface area contributed by atoms with Gasteiger partial charge in [0.15, 0.2) is 5.71 Å². The molecule has 1 N–H and O–H groups in total. The quantitative estimate of drug-likeness (QED) is 0.497. The molecular formula is C24H31IN2O. The monoisotopic (exact) mass is 490 g/mol.